The van der Waals surface area contributed by atoms with Crippen LogP contribution < -0.4 is 5.32 Å². The maximum Gasteiger partial charge on any atom is 0.249 e. The summed E-state index contributed by atoms with van der Waals surface area (Å²) in [6.07, 6.45) is 1.90. The Morgan fingerprint density at radius 1 is 1.09 bits per heavy atom. The minimum atomic E-state index is -0.458. The number of rotatable bonds is 7. The van der Waals surface area contributed by atoms with Crippen LogP contribution in [-0.2, 0) is 16.1 Å². The molecule has 23 heavy (non-hydrogen) atoms. The minimum absolute atomic E-state index is 0.0401. The van der Waals surface area contributed by atoms with Crippen molar-refractivity contribution in [1.29, 1.82) is 0 Å². The third kappa shape index (κ3) is 4.42. The molecule has 2 atom stereocenters. The van der Waals surface area contributed by atoms with Gasteiger partial charge in [-0.3, -0.25) is 4.79 Å². The predicted octanol–water partition coefficient (Wildman–Crippen LogP) is 3.86. The second-order valence-corrected chi connectivity index (χ2v) is 6.17. The lowest BCUT2D eigenvalue weighted by Gasteiger charge is -2.21. The van der Waals surface area contributed by atoms with E-state index in [9.17, 15) is 4.79 Å². The number of amides is 1. The maximum absolute atomic E-state index is 12.4. The predicted molar refractivity (Wildman–Crippen MR) is 90.7 cm³/mol. The van der Waals surface area contributed by atoms with Gasteiger partial charge in [0.05, 0.1) is 12.6 Å². The van der Waals surface area contributed by atoms with E-state index in [1.54, 1.807) is 0 Å². The molecule has 1 N–H and O–H groups in total. The van der Waals surface area contributed by atoms with Gasteiger partial charge in [-0.15, -0.1) is 0 Å². The Hall–Kier alpha value is -2.13. The standard InChI is InChI=1S/C20H23NO2/c1-15(23-14-16-8-4-2-5-9-16)20(22)21-19(18-12-13-18)17-10-6-3-7-11-17/h2-11,15,18-19H,12-14H2,1H3,(H,21,22)/t15-,19+/m0/s1. The van der Waals surface area contributed by atoms with Crippen LogP contribution in [0.3, 0.4) is 0 Å². The van der Waals surface area contributed by atoms with E-state index in [0.29, 0.717) is 12.5 Å². The molecular formula is C20H23NO2. The van der Waals surface area contributed by atoms with E-state index in [1.807, 2.05) is 55.5 Å². The van der Waals surface area contributed by atoms with Crippen molar-refractivity contribution >= 4 is 5.91 Å². The molecule has 2 aromatic rings. The molecule has 1 amide bonds. The summed E-state index contributed by atoms with van der Waals surface area (Å²) in [6, 6.07) is 20.2. The smallest absolute Gasteiger partial charge is 0.249 e. The van der Waals surface area contributed by atoms with Crippen LogP contribution in [0.2, 0.25) is 0 Å². The van der Waals surface area contributed by atoms with Crippen molar-refractivity contribution in [3.05, 3.63) is 71.8 Å². The van der Waals surface area contributed by atoms with Crippen LogP contribution >= 0.6 is 0 Å². The summed E-state index contributed by atoms with van der Waals surface area (Å²) in [5, 5.41) is 3.17. The molecule has 2 aromatic carbocycles. The molecule has 0 bridgehead atoms. The van der Waals surface area contributed by atoms with Crippen LogP contribution in [0, 0.1) is 5.92 Å². The summed E-state index contributed by atoms with van der Waals surface area (Å²) in [5.74, 6) is 0.518. The minimum Gasteiger partial charge on any atom is -0.364 e. The first-order valence-corrected chi connectivity index (χ1v) is 8.25. The first-order chi connectivity index (χ1) is 11.2. The van der Waals surface area contributed by atoms with Gasteiger partial charge in [-0.2, -0.15) is 0 Å². The number of ether oxygens (including phenoxy) is 1. The second-order valence-electron chi connectivity index (χ2n) is 6.17. The van der Waals surface area contributed by atoms with Crippen molar-refractivity contribution in [2.24, 2.45) is 5.92 Å². The van der Waals surface area contributed by atoms with Crippen molar-refractivity contribution in [2.75, 3.05) is 0 Å². The first-order valence-electron chi connectivity index (χ1n) is 8.25. The molecule has 0 spiro atoms. The Morgan fingerprint density at radius 3 is 2.30 bits per heavy atom. The van der Waals surface area contributed by atoms with Crippen molar-refractivity contribution in [3.8, 4) is 0 Å². The number of carbonyl (C=O) groups is 1. The van der Waals surface area contributed by atoms with Crippen LogP contribution in [0.25, 0.3) is 0 Å². The Kier molecular flexibility index (Phi) is 5.09. The van der Waals surface area contributed by atoms with Gasteiger partial charge < -0.3 is 10.1 Å². The number of hydrogen-bond acceptors (Lipinski definition) is 2. The Balaban J connectivity index is 1.56. The summed E-state index contributed by atoms with van der Waals surface area (Å²) in [5.41, 5.74) is 2.26. The molecule has 3 nitrogen and oxygen atoms in total. The zero-order chi connectivity index (χ0) is 16.1. The molecule has 0 unspecified atom stereocenters. The zero-order valence-electron chi connectivity index (χ0n) is 13.4. The third-order valence-corrected chi connectivity index (χ3v) is 4.26. The van der Waals surface area contributed by atoms with E-state index >= 15 is 0 Å². The zero-order valence-corrected chi connectivity index (χ0v) is 13.4. The van der Waals surface area contributed by atoms with Crippen molar-refractivity contribution in [3.63, 3.8) is 0 Å². The van der Waals surface area contributed by atoms with Crippen LogP contribution in [-0.4, -0.2) is 12.0 Å². The lowest BCUT2D eigenvalue weighted by Crippen LogP contribution is -2.37. The van der Waals surface area contributed by atoms with E-state index in [0.717, 1.165) is 5.56 Å². The lowest BCUT2D eigenvalue weighted by molar-refractivity contribution is -0.133. The monoisotopic (exact) mass is 309 g/mol. The highest BCUT2D eigenvalue weighted by molar-refractivity contribution is 5.80. The van der Waals surface area contributed by atoms with Gasteiger partial charge >= 0.3 is 0 Å². The fourth-order valence-electron chi connectivity index (χ4n) is 2.71. The molecule has 0 radical (unpaired) electrons. The quantitative estimate of drug-likeness (QED) is 0.843. The highest BCUT2D eigenvalue weighted by Crippen LogP contribution is 2.40. The number of hydrogen-bond donors (Lipinski definition) is 1. The van der Waals surface area contributed by atoms with Gasteiger partial charge in [0.25, 0.3) is 0 Å². The maximum atomic E-state index is 12.4. The molecule has 3 rings (SSSR count). The molecule has 1 aliphatic carbocycles. The molecule has 0 heterocycles. The Bertz CT molecular complexity index is 623. The number of carbonyl (C=O) groups excluding carboxylic acids is 1. The van der Waals surface area contributed by atoms with Gasteiger partial charge in [0.2, 0.25) is 5.91 Å². The summed E-state index contributed by atoms with van der Waals surface area (Å²) in [6.45, 7) is 2.27. The van der Waals surface area contributed by atoms with E-state index in [2.05, 4.69) is 17.4 Å². The molecule has 1 aliphatic rings. The molecular weight excluding hydrogens is 286 g/mol. The van der Waals surface area contributed by atoms with Crippen molar-refractivity contribution in [1.82, 2.24) is 5.32 Å². The number of nitrogens with one attached hydrogen (secondary N) is 1. The van der Waals surface area contributed by atoms with Gasteiger partial charge in [-0.25, -0.2) is 0 Å². The highest BCUT2D eigenvalue weighted by atomic mass is 16.5. The van der Waals surface area contributed by atoms with Crippen LogP contribution in [0.15, 0.2) is 60.7 Å². The van der Waals surface area contributed by atoms with E-state index in [4.69, 9.17) is 4.74 Å². The highest BCUT2D eigenvalue weighted by Gasteiger charge is 2.34. The molecule has 3 heteroatoms. The molecule has 1 saturated carbocycles. The molecule has 0 aliphatic heterocycles. The van der Waals surface area contributed by atoms with E-state index in [1.165, 1.54) is 18.4 Å². The summed E-state index contributed by atoms with van der Waals surface area (Å²) >= 11 is 0. The summed E-state index contributed by atoms with van der Waals surface area (Å²) in [7, 11) is 0. The van der Waals surface area contributed by atoms with Crippen LogP contribution in [0.5, 0.6) is 0 Å². The van der Waals surface area contributed by atoms with Crippen molar-refractivity contribution < 1.29 is 9.53 Å². The molecule has 1 fully saturated rings. The summed E-state index contributed by atoms with van der Waals surface area (Å²) in [4.78, 5) is 12.4. The van der Waals surface area contributed by atoms with Gasteiger partial charge in [0.1, 0.15) is 6.10 Å². The van der Waals surface area contributed by atoms with Crippen LogP contribution in [0.4, 0.5) is 0 Å². The Morgan fingerprint density at radius 2 is 1.70 bits per heavy atom. The van der Waals surface area contributed by atoms with E-state index in [-0.39, 0.29) is 11.9 Å². The van der Waals surface area contributed by atoms with Gasteiger partial charge in [0, 0.05) is 0 Å². The van der Waals surface area contributed by atoms with Gasteiger partial charge in [-0.05, 0) is 36.8 Å². The fraction of sp³-hybridized carbons (Fsp3) is 0.350. The second kappa shape index (κ2) is 7.42. The normalized spacial score (nSPS) is 16.6. The average Bonchev–Trinajstić information content (AvgIpc) is 3.44. The van der Waals surface area contributed by atoms with Gasteiger partial charge in [0.15, 0.2) is 0 Å². The SMILES string of the molecule is C[C@H](OCc1ccccc1)C(=O)N[C@H](c1ccccc1)C1CC1. The average molecular weight is 309 g/mol. The largest absolute Gasteiger partial charge is 0.364 e. The van der Waals surface area contributed by atoms with Gasteiger partial charge in [-0.1, -0.05) is 60.7 Å². The van der Waals surface area contributed by atoms with Crippen molar-refractivity contribution in [2.45, 2.75) is 38.5 Å². The summed E-state index contributed by atoms with van der Waals surface area (Å²) < 4.78 is 5.71. The molecule has 120 valence electrons. The Labute approximate surface area is 137 Å². The van der Waals surface area contributed by atoms with E-state index < -0.39 is 6.10 Å². The fourth-order valence-corrected chi connectivity index (χ4v) is 2.71. The number of benzene rings is 2. The topological polar surface area (TPSA) is 38.3 Å². The molecule has 0 saturated heterocycles. The first kappa shape index (κ1) is 15.8. The van der Waals surface area contributed by atoms with Crippen LogP contribution in [0.1, 0.15) is 36.9 Å². The molecule has 0 aromatic heterocycles. The third-order valence-electron chi connectivity index (χ3n) is 4.26. The lowest BCUT2D eigenvalue weighted by atomic mass is 10.0.